The Morgan fingerprint density at radius 2 is 1.16 bits per heavy atom. The molecule has 0 saturated carbocycles. The standard InChI is InChI=1S/C22H20N4O5/c1-28-14-7-5-12(9-16(14)30-3)18-19(13-6-8-15(29-2)17(10-13)31-4)26-21-20(25-18)22(27)24-11-23-21/h5-11H,1-4H3,(H,23,24,26,27). The van der Waals surface area contributed by atoms with Crippen LogP contribution >= 0.6 is 0 Å². The zero-order valence-electron chi connectivity index (χ0n) is 17.4. The number of ether oxygens (including phenoxy) is 4. The quantitative estimate of drug-likeness (QED) is 0.501. The predicted molar refractivity (Wildman–Crippen MR) is 114 cm³/mol. The van der Waals surface area contributed by atoms with E-state index >= 15 is 0 Å². The summed E-state index contributed by atoms with van der Waals surface area (Å²) < 4.78 is 21.6. The molecule has 2 aromatic carbocycles. The fourth-order valence-electron chi connectivity index (χ4n) is 3.24. The molecule has 0 fully saturated rings. The zero-order chi connectivity index (χ0) is 22.0. The van der Waals surface area contributed by atoms with Gasteiger partial charge in [-0.15, -0.1) is 0 Å². The minimum absolute atomic E-state index is 0.191. The van der Waals surface area contributed by atoms with Crippen molar-refractivity contribution >= 4 is 11.2 Å². The van der Waals surface area contributed by atoms with Crippen molar-refractivity contribution in [3.8, 4) is 51.4 Å². The lowest BCUT2D eigenvalue weighted by molar-refractivity contribution is 0.355. The molecule has 31 heavy (non-hydrogen) atoms. The van der Waals surface area contributed by atoms with Gasteiger partial charge >= 0.3 is 0 Å². The van der Waals surface area contributed by atoms with E-state index in [9.17, 15) is 5.11 Å². The minimum Gasteiger partial charge on any atom is -0.493 e. The maximum absolute atomic E-state index is 10.2. The fourth-order valence-corrected chi connectivity index (χ4v) is 3.24. The molecule has 9 heteroatoms. The maximum atomic E-state index is 10.2. The Labute approximate surface area is 178 Å². The second-order valence-corrected chi connectivity index (χ2v) is 6.43. The molecule has 4 aromatic rings. The Morgan fingerprint density at radius 1 is 0.645 bits per heavy atom. The van der Waals surface area contributed by atoms with Crippen molar-refractivity contribution in [3.63, 3.8) is 0 Å². The molecule has 0 radical (unpaired) electrons. The number of nitrogens with zero attached hydrogens (tertiary/aromatic N) is 4. The molecule has 2 aromatic heterocycles. The monoisotopic (exact) mass is 420 g/mol. The van der Waals surface area contributed by atoms with Crippen LogP contribution < -0.4 is 18.9 Å². The highest BCUT2D eigenvalue weighted by molar-refractivity contribution is 5.87. The Hall–Kier alpha value is -4.14. The molecular formula is C22H20N4O5. The molecule has 0 aliphatic heterocycles. The third-order valence-corrected chi connectivity index (χ3v) is 4.76. The van der Waals surface area contributed by atoms with Crippen LogP contribution in [0, 0.1) is 0 Å². The highest BCUT2D eigenvalue weighted by atomic mass is 16.5. The molecule has 0 aliphatic rings. The van der Waals surface area contributed by atoms with Crippen molar-refractivity contribution < 1.29 is 24.1 Å². The number of aromatic hydroxyl groups is 1. The largest absolute Gasteiger partial charge is 0.493 e. The molecular weight excluding hydrogens is 400 g/mol. The molecule has 1 N–H and O–H groups in total. The number of hydrogen-bond acceptors (Lipinski definition) is 9. The Morgan fingerprint density at radius 3 is 1.68 bits per heavy atom. The lowest BCUT2D eigenvalue weighted by Gasteiger charge is -2.14. The lowest BCUT2D eigenvalue weighted by Crippen LogP contribution is -1.99. The molecule has 0 atom stereocenters. The van der Waals surface area contributed by atoms with Crippen molar-refractivity contribution in [2.24, 2.45) is 0 Å². The Kier molecular flexibility index (Phi) is 5.40. The molecule has 0 saturated heterocycles. The molecule has 0 amide bonds. The van der Waals surface area contributed by atoms with E-state index in [0.29, 0.717) is 39.9 Å². The zero-order valence-corrected chi connectivity index (χ0v) is 17.4. The normalized spacial score (nSPS) is 10.7. The van der Waals surface area contributed by atoms with E-state index < -0.39 is 0 Å². The van der Waals surface area contributed by atoms with E-state index in [1.54, 1.807) is 52.7 Å². The molecule has 158 valence electrons. The van der Waals surface area contributed by atoms with Gasteiger partial charge in [0.25, 0.3) is 0 Å². The number of aromatic nitrogens is 4. The summed E-state index contributed by atoms with van der Waals surface area (Å²) in [5, 5.41) is 10.2. The molecule has 4 rings (SSSR count). The van der Waals surface area contributed by atoms with Crippen LogP contribution in [0.1, 0.15) is 0 Å². The summed E-state index contributed by atoms with van der Waals surface area (Å²) >= 11 is 0. The van der Waals surface area contributed by atoms with Crippen molar-refractivity contribution in [1.82, 2.24) is 19.9 Å². The van der Waals surface area contributed by atoms with Gasteiger partial charge in [0.05, 0.1) is 39.8 Å². The highest BCUT2D eigenvalue weighted by Crippen LogP contribution is 2.39. The van der Waals surface area contributed by atoms with Crippen molar-refractivity contribution in [2.75, 3.05) is 28.4 Å². The van der Waals surface area contributed by atoms with Gasteiger partial charge in [-0.25, -0.2) is 15.0 Å². The number of rotatable bonds is 6. The summed E-state index contributed by atoms with van der Waals surface area (Å²) in [6.45, 7) is 0. The first-order chi connectivity index (χ1) is 15.1. The molecule has 9 nitrogen and oxygen atoms in total. The van der Waals surface area contributed by atoms with E-state index in [1.807, 2.05) is 12.1 Å². The van der Waals surface area contributed by atoms with Crippen LogP contribution in [0.15, 0.2) is 42.7 Å². The van der Waals surface area contributed by atoms with E-state index in [-0.39, 0.29) is 17.0 Å². The van der Waals surface area contributed by atoms with Crippen LogP contribution in [-0.4, -0.2) is 53.5 Å². The van der Waals surface area contributed by atoms with Crippen molar-refractivity contribution in [1.29, 1.82) is 0 Å². The fraction of sp³-hybridized carbons (Fsp3) is 0.182. The number of hydrogen-bond donors (Lipinski definition) is 1. The van der Waals surface area contributed by atoms with Crippen LogP contribution in [0.4, 0.5) is 0 Å². The van der Waals surface area contributed by atoms with E-state index in [2.05, 4.69) is 19.9 Å². The van der Waals surface area contributed by atoms with Gasteiger partial charge in [-0.05, 0) is 36.4 Å². The lowest BCUT2D eigenvalue weighted by atomic mass is 10.0. The summed E-state index contributed by atoms with van der Waals surface area (Å²) in [7, 11) is 6.26. The predicted octanol–water partition coefficient (Wildman–Crippen LogP) is 3.49. The van der Waals surface area contributed by atoms with E-state index in [4.69, 9.17) is 18.9 Å². The molecule has 2 heterocycles. The van der Waals surface area contributed by atoms with Gasteiger partial charge in [0.1, 0.15) is 6.33 Å². The number of benzene rings is 2. The first-order valence-electron chi connectivity index (χ1n) is 9.26. The second-order valence-electron chi connectivity index (χ2n) is 6.43. The van der Waals surface area contributed by atoms with Gasteiger partial charge in [-0.1, -0.05) is 0 Å². The molecule has 0 aliphatic carbocycles. The third-order valence-electron chi connectivity index (χ3n) is 4.76. The third kappa shape index (κ3) is 3.61. The Balaban J connectivity index is 2.01. The number of fused-ring (bicyclic) bond motifs is 1. The summed E-state index contributed by atoms with van der Waals surface area (Å²) in [6.07, 6.45) is 1.24. The summed E-state index contributed by atoms with van der Waals surface area (Å²) in [5.41, 5.74) is 2.94. The van der Waals surface area contributed by atoms with Crippen molar-refractivity contribution in [2.45, 2.75) is 0 Å². The summed E-state index contributed by atoms with van der Waals surface area (Å²) in [5.74, 6) is 2.00. The van der Waals surface area contributed by atoms with Crippen molar-refractivity contribution in [3.05, 3.63) is 42.7 Å². The first kappa shape index (κ1) is 20.1. The minimum atomic E-state index is -0.252. The van der Waals surface area contributed by atoms with Crippen LogP contribution in [-0.2, 0) is 0 Å². The van der Waals surface area contributed by atoms with E-state index in [0.717, 1.165) is 5.56 Å². The van der Waals surface area contributed by atoms with Gasteiger partial charge in [0.15, 0.2) is 34.2 Å². The van der Waals surface area contributed by atoms with Gasteiger partial charge < -0.3 is 24.1 Å². The van der Waals surface area contributed by atoms with Crippen LogP contribution in [0.3, 0.4) is 0 Å². The maximum Gasteiger partial charge on any atom is 0.242 e. The van der Waals surface area contributed by atoms with Gasteiger partial charge in [-0.3, -0.25) is 0 Å². The SMILES string of the molecule is COc1ccc(-c2nc3ncnc(O)c3nc2-c2ccc(OC)c(OC)c2)cc1OC. The van der Waals surface area contributed by atoms with E-state index in [1.165, 1.54) is 6.33 Å². The highest BCUT2D eigenvalue weighted by Gasteiger charge is 2.19. The smallest absolute Gasteiger partial charge is 0.242 e. The molecule has 0 unspecified atom stereocenters. The number of methoxy groups -OCH3 is 4. The average molecular weight is 420 g/mol. The van der Waals surface area contributed by atoms with Crippen LogP contribution in [0.2, 0.25) is 0 Å². The van der Waals surface area contributed by atoms with Gasteiger partial charge in [0, 0.05) is 11.1 Å². The second kappa shape index (κ2) is 8.31. The topological polar surface area (TPSA) is 109 Å². The molecule has 0 spiro atoms. The summed E-state index contributed by atoms with van der Waals surface area (Å²) in [4.78, 5) is 17.3. The first-order valence-corrected chi connectivity index (χ1v) is 9.26. The van der Waals surface area contributed by atoms with Gasteiger partial charge in [-0.2, -0.15) is 4.98 Å². The van der Waals surface area contributed by atoms with Crippen LogP contribution in [0.25, 0.3) is 33.7 Å². The van der Waals surface area contributed by atoms with Gasteiger partial charge in [0.2, 0.25) is 5.88 Å². The Bertz CT molecular complexity index is 1260. The van der Waals surface area contributed by atoms with Crippen LogP contribution in [0.5, 0.6) is 28.9 Å². The molecule has 0 bridgehead atoms. The average Bonchev–Trinajstić information content (AvgIpc) is 2.82. The summed E-state index contributed by atoms with van der Waals surface area (Å²) in [6, 6.07) is 10.8.